The van der Waals surface area contributed by atoms with E-state index in [-0.39, 0.29) is 22.4 Å². The van der Waals surface area contributed by atoms with Crippen molar-refractivity contribution in [1.29, 1.82) is 0 Å². The van der Waals surface area contributed by atoms with Crippen molar-refractivity contribution in [2.45, 2.75) is 6.92 Å². The molecule has 0 aliphatic rings. The zero-order chi connectivity index (χ0) is 16.8. The number of nitrogens with zero attached hydrogens (tertiary/aromatic N) is 1. The Kier molecular flexibility index (Phi) is 6.01. The van der Waals surface area contributed by atoms with Crippen molar-refractivity contribution in [3.05, 3.63) is 57.0 Å². The molecular formula is C16H14BrClN2O3. The van der Waals surface area contributed by atoms with Gasteiger partial charge in [-0.25, -0.2) is 5.43 Å². The van der Waals surface area contributed by atoms with Crippen molar-refractivity contribution in [3.8, 4) is 11.5 Å². The van der Waals surface area contributed by atoms with E-state index in [1.54, 1.807) is 31.2 Å². The first-order chi connectivity index (χ1) is 11.0. The topological polar surface area (TPSA) is 70.9 Å². The Morgan fingerprint density at radius 2 is 2.17 bits per heavy atom. The van der Waals surface area contributed by atoms with Gasteiger partial charge < -0.3 is 9.84 Å². The van der Waals surface area contributed by atoms with Gasteiger partial charge in [-0.05, 0) is 52.7 Å². The maximum absolute atomic E-state index is 12.0. The number of aromatic hydroxyl groups is 1. The maximum atomic E-state index is 12.0. The number of hydrogen-bond donors (Lipinski definition) is 2. The smallest absolute Gasteiger partial charge is 0.272 e. The fraction of sp³-hybridized carbons (Fsp3) is 0.125. The molecule has 0 unspecified atom stereocenters. The summed E-state index contributed by atoms with van der Waals surface area (Å²) in [5, 5.41) is 13.8. The van der Waals surface area contributed by atoms with Crippen LogP contribution in [0.15, 0.2) is 46.0 Å². The predicted octanol–water partition coefficient (Wildman–Crippen LogP) is 3.97. The molecule has 120 valence electrons. The number of hydrogen-bond acceptors (Lipinski definition) is 4. The molecule has 1 amide bonds. The number of benzene rings is 2. The minimum atomic E-state index is -0.344. The molecule has 2 N–H and O–H groups in total. The first-order valence-corrected chi connectivity index (χ1v) is 7.93. The lowest BCUT2D eigenvalue weighted by Gasteiger charge is -2.08. The van der Waals surface area contributed by atoms with Crippen LogP contribution in [0.2, 0.25) is 5.02 Å². The number of amides is 1. The fourth-order valence-corrected chi connectivity index (χ4v) is 2.49. The summed E-state index contributed by atoms with van der Waals surface area (Å²) in [7, 11) is 0. The van der Waals surface area contributed by atoms with E-state index in [2.05, 4.69) is 26.5 Å². The van der Waals surface area contributed by atoms with Gasteiger partial charge in [-0.2, -0.15) is 5.10 Å². The maximum Gasteiger partial charge on any atom is 0.272 e. The predicted molar refractivity (Wildman–Crippen MR) is 93.5 cm³/mol. The first-order valence-electron chi connectivity index (χ1n) is 6.76. The number of ether oxygens (including phenoxy) is 1. The van der Waals surface area contributed by atoms with Crippen LogP contribution in [-0.2, 0) is 0 Å². The van der Waals surface area contributed by atoms with Crippen LogP contribution < -0.4 is 10.2 Å². The Morgan fingerprint density at radius 3 is 2.87 bits per heavy atom. The van der Waals surface area contributed by atoms with Crippen LogP contribution in [0.3, 0.4) is 0 Å². The van der Waals surface area contributed by atoms with Gasteiger partial charge in [0.15, 0.2) is 11.5 Å². The molecule has 0 bridgehead atoms. The second-order valence-electron chi connectivity index (χ2n) is 4.46. The third-order valence-corrected chi connectivity index (χ3v) is 3.83. The zero-order valence-corrected chi connectivity index (χ0v) is 14.6. The molecule has 2 aromatic carbocycles. The highest BCUT2D eigenvalue weighted by Gasteiger charge is 2.10. The highest BCUT2D eigenvalue weighted by atomic mass is 79.9. The minimum absolute atomic E-state index is 0.122. The Labute approximate surface area is 147 Å². The largest absolute Gasteiger partial charge is 0.503 e. The standard InChI is InChI=1S/C16H14BrClN2O3/c1-2-23-14-8-10(7-13(18)15(14)21)9-19-20-16(22)11-5-3-4-6-12(11)17/h3-9,21H,2H2,1H3,(H,20,22). The van der Waals surface area contributed by atoms with Crippen LogP contribution in [0, 0.1) is 0 Å². The number of carbonyl (C=O) groups excluding carboxylic acids is 1. The lowest BCUT2D eigenvalue weighted by molar-refractivity contribution is 0.0954. The number of rotatable bonds is 5. The summed E-state index contributed by atoms with van der Waals surface area (Å²) in [5.74, 6) is -0.204. The summed E-state index contributed by atoms with van der Waals surface area (Å²) in [6, 6.07) is 10.1. The summed E-state index contributed by atoms with van der Waals surface area (Å²) in [5.41, 5.74) is 3.49. The normalized spacial score (nSPS) is 10.7. The molecular weight excluding hydrogens is 384 g/mol. The molecule has 5 nitrogen and oxygen atoms in total. The van der Waals surface area contributed by atoms with E-state index < -0.39 is 0 Å². The lowest BCUT2D eigenvalue weighted by atomic mass is 10.2. The van der Waals surface area contributed by atoms with Crippen molar-refractivity contribution in [3.63, 3.8) is 0 Å². The molecule has 0 saturated carbocycles. The quantitative estimate of drug-likeness (QED) is 0.592. The van der Waals surface area contributed by atoms with Gasteiger partial charge in [0.05, 0.1) is 23.4 Å². The Balaban J connectivity index is 2.12. The van der Waals surface area contributed by atoms with Gasteiger partial charge in [0.2, 0.25) is 0 Å². The van der Waals surface area contributed by atoms with E-state index in [0.717, 1.165) is 0 Å². The molecule has 2 rings (SSSR count). The summed E-state index contributed by atoms with van der Waals surface area (Å²) in [6.45, 7) is 2.19. The van der Waals surface area contributed by atoms with E-state index in [9.17, 15) is 9.90 Å². The molecule has 0 atom stereocenters. The number of halogens is 2. The summed E-state index contributed by atoms with van der Waals surface area (Å²) < 4.78 is 5.96. The van der Waals surface area contributed by atoms with Crippen molar-refractivity contribution < 1.29 is 14.6 Å². The monoisotopic (exact) mass is 396 g/mol. The number of carbonyl (C=O) groups is 1. The third kappa shape index (κ3) is 4.46. The summed E-state index contributed by atoms with van der Waals surface area (Å²) in [6.07, 6.45) is 1.42. The van der Waals surface area contributed by atoms with Gasteiger partial charge >= 0.3 is 0 Å². The van der Waals surface area contributed by atoms with Crippen LogP contribution in [0.5, 0.6) is 11.5 Å². The molecule has 0 fully saturated rings. The van der Waals surface area contributed by atoms with Gasteiger partial charge in [0, 0.05) is 4.47 Å². The van der Waals surface area contributed by atoms with Gasteiger partial charge in [-0.1, -0.05) is 23.7 Å². The SMILES string of the molecule is CCOc1cc(C=NNC(=O)c2ccccc2Br)cc(Cl)c1O. The highest BCUT2D eigenvalue weighted by molar-refractivity contribution is 9.10. The van der Waals surface area contributed by atoms with Crippen LogP contribution >= 0.6 is 27.5 Å². The molecule has 0 radical (unpaired) electrons. The first kappa shape index (κ1) is 17.3. The summed E-state index contributed by atoms with van der Waals surface area (Å²) >= 11 is 9.23. The molecule has 0 aliphatic heterocycles. The second kappa shape index (κ2) is 7.99. The fourth-order valence-electron chi connectivity index (χ4n) is 1.80. The molecule has 0 saturated heterocycles. The number of phenolic OH excluding ortho intramolecular Hbond substituents is 1. The average Bonchev–Trinajstić information content (AvgIpc) is 2.52. The number of hydrazone groups is 1. The number of phenols is 1. The molecule has 0 aliphatic carbocycles. The molecule has 7 heteroatoms. The molecule has 0 heterocycles. The van der Waals surface area contributed by atoms with Crippen LogP contribution in [0.4, 0.5) is 0 Å². The van der Waals surface area contributed by atoms with E-state index in [0.29, 0.717) is 22.2 Å². The van der Waals surface area contributed by atoms with Crippen molar-refractivity contribution in [2.75, 3.05) is 6.61 Å². The van der Waals surface area contributed by atoms with Crippen LogP contribution in [0.25, 0.3) is 0 Å². The van der Waals surface area contributed by atoms with E-state index >= 15 is 0 Å². The van der Waals surface area contributed by atoms with Crippen LogP contribution in [-0.4, -0.2) is 23.8 Å². The Bertz CT molecular complexity index is 750. The molecule has 23 heavy (non-hydrogen) atoms. The molecule has 0 aromatic heterocycles. The second-order valence-corrected chi connectivity index (χ2v) is 5.72. The van der Waals surface area contributed by atoms with Crippen molar-refractivity contribution >= 4 is 39.7 Å². The Morgan fingerprint density at radius 1 is 1.43 bits per heavy atom. The van der Waals surface area contributed by atoms with Gasteiger partial charge in [0.1, 0.15) is 0 Å². The van der Waals surface area contributed by atoms with Gasteiger partial charge in [0.25, 0.3) is 5.91 Å². The van der Waals surface area contributed by atoms with Crippen molar-refractivity contribution in [1.82, 2.24) is 5.43 Å². The lowest BCUT2D eigenvalue weighted by Crippen LogP contribution is -2.18. The van der Waals surface area contributed by atoms with E-state index in [4.69, 9.17) is 16.3 Å². The van der Waals surface area contributed by atoms with Crippen molar-refractivity contribution in [2.24, 2.45) is 5.10 Å². The van der Waals surface area contributed by atoms with Gasteiger partial charge in [-0.3, -0.25) is 4.79 Å². The van der Waals surface area contributed by atoms with E-state index in [1.165, 1.54) is 12.3 Å². The average molecular weight is 398 g/mol. The highest BCUT2D eigenvalue weighted by Crippen LogP contribution is 2.34. The minimum Gasteiger partial charge on any atom is -0.503 e. The van der Waals surface area contributed by atoms with Crippen LogP contribution in [0.1, 0.15) is 22.8 Å². The molecule has 0 spiro atoms. The molecule has 2 aromatic rings. The van der Waals surface area contributed by atoms with E-state index in [1.807, 2.05) is 6.07 Å². The Hall–Kier alpha value is -2.05. The van der Waals surface area contributed by atoms with Gasteiger partial charge in [-0.15, -0.1) is 0 Å². The summed E-state index contributed by atoms with van der Waals surface area (Å²) in [4.78, 5) is 12.0. The number of nitrogens with one attached hydrogen (secondary N) is 1. The third-order valence-electron chi connectivity index (χ3n) is 2.85. The zero-order valence-electron chi connectivity index (χ0n) is 12.2.